The number of aromatic nitrogens is 4. The van der Waals surface area contributed by atoms with Crippen LogP contribution in [0.2, 0.25) is 0 Å². The van der Waals surface area contributed by atoms with E-state index in [-0.39, 0.29) is 11.5 Å². The van der Waals surface area contributed by atoms with Crippen LogP contribution in [0.4, 0.5) is 5.95 Å². The van der Waals surface area contributed by atoms with Gasteiger partial charge in [-0.1, -0.05) is 28.1 Å². The van der Waals surface area contributed by atoms with Gasteiger partial charge in [0.15, 0.2) is 11.2 Å². The number of rotatable bonds is 2. The number of hydrogen-bond donors (Lipinski definition) is 3. The largest absolute Gasteiger partial charge is 0.369 e. The van der Waals surface area contributed by atoms with Crippen molar-refractivity contribution < 1.29 is 0 Å². The fourth-order valence-corrected chi connectivity index (χ4v) is 2.34. The van der Waals surface area contributed by atoms with Gasteiger partial charge < -0.3 is 10.7 Å². The molecule has 0 saturated carbocycles. The van der Waals surface area contributed by atoms with Crippen LogP contribution in [-0.2, 0) is 6.42 Å². The molecule has 2 aromatic heterocycles. The van der Waals surface area contributed by atoms with Crippen molar-refractivity contribution in [3.05, 3.63) is 50.5 Å². The SMILES string of the molecule is Nc1nc2nc(Cc3cccc(Br)c3)[nH]c2c(=O)[nH]1. The molecule has 2 heterocycles. The van der Waals surface area contributed by atoms with Crippen LogP contribution in [0.1, 0.15) is 11.4 Å². The van der Waals surface area contributed by atoms with E-state index in [1.54, 1.807) is 0 Å². The van der Waals surface area contributed by atoms with Crippen molar-refractivity contribution in [3.8, 4) is 0 Å². The molecular formula is C12H10BrN5O. The van der Waals surface area contributed by atoms with Crippen molar-refractivity contribution in [2.24, 2.45) is 0 Å². The number of anilines is 1. The number of nitrogen functional groups attached to an aromatic ring is 1. The number of imidazole rings is 1. The van der Waals surface area contributed by atoms with Gasteiger partial charge in [0.2, 0.25) is 5.95 Å². The summed E-state index contributed by atoms with van der Waals surface area (Å²) in [6.45, 7) is 0. The molecule has 0 atom stereocenters. The Bertz CT molecular complexity index is 807. The summed E-state index contributed by atoms with van der Waals surface area (Å²) in [5.41, 5.74) is 6.94. The number of nitrogens with zero attached hydrogens (tertiary/aromatic N) is 2. The minimum absolute atomic E-state index is 0.0676. The Hall–Kier alpha value is -2.15. The lowest BCUT2D eigenvalue weighted by Crippen LogP contribution is -2.10. The second-order valence-corrected chi connectivity index (χ2v) is 5.06. The minimum Gasteiger partial charge on any atom is -0.369 e. The number of nitrogens with two attached hydrogens (primary N) is 1. The molecule has 96 valence electrons. The van der Waals surface area contributed by atoms with Crippen LogP contribution >= 0.6 is 15.9 Å². The minimum atomic E-state index is -0.310. The zero-order valence-corrected chi connectivity index (χ0v) is 11.4. The first-order valence-corrected chi connectivity index (χ1v) is 6.40. The van der Waals surface area contributed by atoms with E-state index in [1.807, 2.05) is 24.3 Å². The maximum absolute atomic E-state index is 11.7. The molecule has 3 rings (SSSR count). The van der Waals surface area contributed by atoms with Gasteiger partial charge in [-0.05, 0) is 17.7 Å². The number of H-pyrrole nitrogens is 2. The van der Waals surface area contributed by atoms with Gasteiger partial charge in [0.1, 0.15) is 5.82 Å². The first-order valence-electron chi connectivity index (χ1n) is 5.60. The van der Waals surface area contributed by atoms with Crippen molar-refractivity contribution in [3.63, 3.8) is 0 Å². The first-order chi connectivity index (χ1) is 9.11. The highest BCUT2D eigenvalue weighted by Gasteiger charge is 2.09. The summed E-state index contributed by atoms with van der Waals surface area (Å²) in [6.07, 6.45) is 0.592. The smallest absolute Gasteiger partial charge is 0.278 e. The van der Waals surface area contributed by atoms with E-state index in [1.165, 1.54) is 0 Å². The summed E-state index contributed by atoms with van der Waals surface area (Å²) in [5, 5.41) is 0. The molecule has 0 fully saturated rings. The zero-order chi connectivity index (χ0) is 13.4. The molecule has 3 aromatic rings. The average molecular weight is 320 g/mol. The third-order valence-corrected chi connectivity index (χ3v) is 3.18. The fourth-order valence-electron chi connectivity index (χ4n) is 1.90. The molecule has 4 N–H and O–H groups in total. The molecule has 0 aliphatic heterocycles. The quantitative estimate of drug-likeness (QED) is 0.667. The van der Waals surface area contributed by atoms with Gasteiger partial charge in [-0.2, -0.15) is 4.98 Å². The molecular weight excluding hydrogens is 310 g/mol. The Labute approximate surface area is 116 Å². The molecule has 0 aliphatic rings. The Morgan fingerprint density at radius 2 is 2.11 bits per heavy atom. The summed E-state index contributed by atoms with van der Waals surface area (Å²) >= 11 is 3.42. The highest BCUT2D eigenvalue weighted by molar-refractivity contribution is 9.10. The lowest BCUT2D eigenvalue weighted by atomic mass is 10.1. The summed E-state index contributed by atoms with van der Waals surface area (Å²) < 4.78 is 1.00. The van der Waals surface area contributed by atoms with E-state index in [2.05, 4.69) is 35.9 Å². The van der Waals surface area contributed by atoms with Crippen molar-refractivity contribution in [1.82, 2.24) is 19.9 Å². The molecule has 0 bridgehead atoms. The highest BCUT2D eigenvalue weighted by atomic mass is 79.9. The standard InChI is InChI=1S/C12H10BrN5O/c13-7-3-1-2-6(4-7)5-8-15-9-10(16-8)17-12(14)18-11(9)19/h1-4H,5H2,(H4,14,15,16,17,18,19). The fraction of sp³-hybridized carbons (Fsp3) is 0.0833. The maximum Gasteiger partial charge on any atom is 0.278 e. The second kappa shape index (κ2) is 4.51. The molecule has 0 unspecified atom stereocenters. The Morgan fingerprint density at radius 1 is 1.26 bits per heavy atom. The molecule has 0 spiro atoms. The third-order valence-electron chi connectivity index (χ3n) is 2.69. The number of fused-ring (bicyclic) bond motifs is 1. The monoisotopic (exact) mass is 319 g/mol. The number of aromatic amines is 2. The van der Waals surface area contributed by atoms with E-state index in [9.17, 15) is 4.79 Å². The molecule has 6 nitrogen and oxygen atoms in total. The van der Waals surface area contributed by atoms with Crippen LogP contribution < -0.4 is 11.3 Å². The van der Waals surface area contributed by atoms with Crippen molar-refractivity contribution >= 4 is 33.0 Å². The molecule has 0 amide bonds. The predicted octanol–water partition coefficient (Wildman–Crippen LogP) is 1.58. The Kier molecular flexibility index (Phi) is 2.83. The van der Waals surface area contributed by atoms with Gasteiger partial charge in [-0.15, -0.1) is 0 Å². The average Bonchev–Trinajstić information content (AvgIpc) is 2.71. The Balaban J connectivity index is 2.02. The number of hydrogen-bond acceptors (Lipinski definition) is 4. The van der Waals surface area contributed by atoms with Gasteiger partial charge in [0.05, 0.1) is 0 Å². The lowest BCUT2D eigenvalue weighted by Gasteiger charge is -1.98. The molecule has 0 aliphatic carbocycles. The van der Waals surface area contributed by atoms with Gasteiger partial charge in [-0.25, -0.2) is 4.98 Å². The van der Waals surface area contributed by atoms with E-state index in [0.29, 0.717) is 23.4 Å². The number of nitrogens with one attached hydrogen (secondary N) is 2. The van der Waals surface area contributed by atoms with Gasteiger partial charge >= 0.3 is 0 Å². The maximum atomic E-state index is 11.7. The lowest BCUT2D eigenvalue weighted by molar-refractivity contribution is 1.03. The molecule has 19 heavy (non-hydrogen) atoms. The van der Waals surface area contributed by atoms with Crippen molar-refractivity contribution in [2.75, 3.05) is 5.73 Å². The van der Waals surface area contributed by atoms with E-state index in [4.69, 9.17) is 5.73 Å². The van der Waals surface area contributed by atoms with Crippen LogP contribution in [-0.4, -0.2) is 19.9 Å². The molecule has 7 heteroatoms. The third kappa shape index (κ3) is 2.37. The predicted molar refractivity (Wildman–Crippen MR) is 75.9 cm³/mol. The first kappa shape index (κ1) is 11.9. The second-order valence-electron chi connectivity index (χ2n) is 4.14. The summed E-state index contributed by atoms with van der Waals surface area (Å²) in [4.78, 5) is 25.3. The van der Waals surface area contributed by atoms with Crippen molar-refractivity contribution in [1.29, 1.82) is 0 Å². The summed E-state index contributed by atoms with van der Waals surface area (Å²) in [5.74, 6) is 0.745. The molecule has 0 saturated heterocycles. The van der Waals surface area contributed by atoms with Gasteiger partial charge in [0.25, 0.3) is 5.56 Å². The normalized spacial score (nSPS) is 11.0. The summed E-state index contributed by atoms with van der Waals surface area (Å²) in [7, 11) is 0. The van der Waals surface area contributed by atoms with Crippen LogP contribution in [0.3, 0.4) is 0 Å². The number of benzene rings is 1. The summed E-state index contributed by atoms with van der Waals surface area (Å²) in [6, 6.07) is 7.89. The van der Waals surface area contributed by atoms with E-state index >= 15 is 0 Å². The van der Waals surface area contributed by atoms with Gasteiger partial charge in [-0.3, -0.25) is 9.78 Å². The van der Waals surface area contributed by atoms with Crippen molar-refractivity contribution in [2.45, 2.75) is 6.42 Å². The van der Waals surface area contributed by atoms with Crippen LogP contribution in [0.5, 0.6) is 0 Å². The van der Waals surface area contributed by atoms with E-state index < -0.39 is 0 Å². The number of halogens is 1. The topological polar surface area (TPSA) is 100 Å². The van der Waals surface area contributed by atoms with Crippen LogP contribution in [0, 0.1) is 0 Å². The van der Waals surface area contributed by atoms with Crippen LogP contribution in [0.25, 0.3) is 11.2 Å². The molecule has 1 aromatic carbocycles. The zero-order valence-electron chi connectivity index (χ0n) is 9.77. The van der Waals surface area contributed by atoms with E-state index in [0.717, 1.165) is 10.0 Å². The van der Waals surface area contributed by atoms with Crippen LogP contribution in [0.15, 0.2) is 33.5 Å². The van der Waals surface area contributed by atoms with Gasteiger partial charge in [0, 0.05) is 10.9 Å². The Morgan fingerprint density at radius 3 is 2.89 bits per heavy atom. The molecule has 0 radical (unpaired) electrons. The highest BCUT2D eigenvalue weighted by Crippen LogP contribution is 2.15.